The van der Waals surface area contributed by atoms with Crippen LogP contribution in [0.5, 0.6) is 0 Å². The van der Waals surface area contributed by atoms with Gasteiger partial charge in [-0.3, -0.25) is 4.90 Å². The Bertz CT molecular complexity index is 1590. The third-order valence-electron chi connectivity index (χ3n) is 11.0. The molecular formula is C36H50N2O4S2Si. The van der Waals surface area contributed by atoms with Crippen LogP contribution in [0.4, 0.5) is 0 Å². The zero-order chi connectivity index (χ0) is 32.6. The molecule has 1 fully saturated rings. The zero-order valence-corrected chi connectivity index (χ0v) is 30.5. The molecule has 2 unspecified atom stereocenters. The Labute approximate surface area is 277 Å². The van der Waals surface area contributed by atoms with Crippen LogP contribution in [0.2, 0.25) is 18.1 Å². The van der Waals surface area contributed by atoms with Gasteiger partial charge in [-0.15, -0.1) is 22.7 Å². The van der Waals surface area contributed by atoms with Crippen LogP contribution in [0.25, 0.3) is 10.9 Å². The molecular weight excluding hydrogens is 617 g/mol. The van der Waals surface area contributed by atoms with E-state index in [1.165, 1.54) is 33.6 Å². The number of H-pyrrole nitrogens is 1. The summed E-state index contributed by atoms with van der Waals surface area (Å²) in [6.07, 6.45) is 8.36. The number of benzene rings is 1. The van der Waals surface area contributed by atoms with Gasteiger partial charge in [0, 0.05) is 35.3 Å². The van der Waals surface area contributed by atoms with Crippen LogP contribution < -0.4 is 0 Å². The molecule has 3 aromatic heterocycles. The largest absolute Gasteiger partial charge is 0.479 e. The molecule has 0 radical (unpaired) electrons. The molecule has 1 aliphatic rings. The third-order valence-corrected chi connectivity index (χ3v) is 17.5. The van der Waals surface area contributed by atoms with Crippen molar-refractivity contribution in [1.29, 1.82) is 0 Å². The maximum atomic E-state index is 12.3. The predicted molar refractivity (Wildman–Crippen MR) is 190 cm³/mol. The Morgan fingerprint density at radius 1 is 1.11 bits per heavy atom. The topological polar surface area (TPSA) is 85.8 Å². The average Bonchev–Trinajstić information content (AvgIpc) is 3.80. The number of aromatic amines is 1. The van der Waals surface area contributed by atoms with Gasteiger partial charge in [0.25, 0.3) is 0 Å². The highest BCUT2D eigenvalue weighted by Gasteiger charge is 2.45. The number of thiophene rings is 2. The summed E-state index contributed by atoms with van der Waals surface area (Å²) >= 11 is 2.63. The van der Waals surface area contributed by atoms with Crippen molar-refractivity contribution in [2.45, 2.75) is 107 Å². The first kappa shape index (κ1) is 34.1. The Balaban J connectivity index is 1.44. The Morgan fingerprint density at radius 3 is 2.53 bits per heavy atom. The van der Waals surface area contributed by atoms with E-state index >= 15 is 0 Å². The van der Waals surface area contributed by atoms with E-state index in [1.807, 2.05) is 11.4 Å². The van der Waals surface area contributed by atoms with Gasteiger partial charge in [0.05, 0.1) is 9.75 Å². The Kier molecular flexibility index (Phi) is 9.91. The summed E-state index contributed by atoms with van der Waals surface area (Å²) < 4.78 is 6.81. The minimum Gasteiger partial charge on any atom is -0.479 e. The molecule has 45 heavy (non-hydrogen) atoms. The number of hydrogen-bond acceptors (Lipinski definition) is 6. The monoisotopic (exact) mass is 666 g/mol. The Hall–Kier alpha value is -2.27. The molecule has 3 heterocycles. The second kappa shape index (κ2) is 13.1. The molecule has 3 N–H and O–H groups in total. The minimum absolute atomic E-state index is 0.154. The standard InChI is InChI=1S/C36H50N2O4S2Si/c1-8-35(18-19-42-45(6,7)34(2,3)4,29-23-37-30-16-10-9-15-28(29)30)38(5)27-14-11-13-25(21-27)26-22-32(44-24-26)36(41,33(39)40)31-17-12-20-43-31/h9-10,12,15-17,20,22-25,27,37,41H,8,11,13-14,18-19,21H2,1-7H3,(H,39,40)/t25-,27-,35?,36?/m1/s1. The average molecular weight is 667 g/mol. The number of carbonyl (C=O) groups is 1. The number of aliphatic carboxylic acids is 1. The van der Waals surface area contributed by atoms with E-state index in [4.69, 9.17) is 4.43 Å². The van der Waals surface area contributed by atoms with E-state index in [2.05, 4.69) is 93.6 Å². The number of aromatic nitrogens is 1. The molecule has 1 saturated carbocycles. The molecule has 4 aromatic rings. The fourth-order valence-corrected chi connectivity index (χ4v) is 10.0. The number of aliphatic hydroxyl groups is 1. The van der Waals surface area contributed by atoms with Gasteiger partial charge in [-0.25, -0.2) is 4.79 Å². The highest BCUT2D eigenvalue weighted by Crippen LogP contribution is 2.46. The van der Waals surface area contributed by atoms with Crippen molar-refractivity contribution >= 4 is 47.9 Å². The lowest BCUT2D eigenvalue weighted by molar-refractivity contribution is -0.154. The Morgan fingerprint density at radius 2 is 1.87 bits per heavy atom. The van der Waals surface area contributed by atoms with E-state index in [0.29, 0.717) is 28.3 Å². The van der Waals surface area contributed by atoms with Gasteiger partial charge in [-0.05, 0) is 103 Å². The predicted octanol–water partition coefficient (Wildman–Crippen LogP) is 9.29. The van der Waals surface area contributed by atoms with Crippen molar-refractivity contribution in [2.75, 3.05) is 13.7 Å². The fraction of sp³-hybridized carbons (Fsp3) is 0.528. The molecule has 0 spiro atoms. The van der Waals surface area contributed by atoms with Gasteiger partial charge in [-0.1, -0.05) is 58.4 Å². The van der Waals surface area contributed by atoms with Crippen LogP contribution >= 0.6 is 22.7 Å². The molecule has 0 aliphatic heterocycles. The smallest absolute Gasteiger partial charge is 0.346 e. The first-order valence-electron chi connectivity index (χ1n) is 16.3. The van der Waals surface area contributed by atoms with Crippen molar-refractivity contribution in [1.82, 2.24) is 9.88 Å². The normalized spacial score (nSPS) is 20.7. The van der Waals surface area contributed by atoms with Gasteiger partial charge < -0.3 is 19.6 Å². The van der Waals surface area contributed by atoms with Crippen LogP contribution in [-0.4, -0.2) is 54.1 Å². The first-order valence-corrected chi connectivity index (χ1v) is 20.9. The zero-order valence-electron chi connectivity index (χ0n) is 27.9. The molecule has 244 valence electrons. The van der Waals surface area contributed by atoms with Crippen LogP contribution in [0.3, 0.4) is 0 Å². The van der Waals surface area contributed by atoms with Crippen molar-refractivity contribution in [3.8, 4) is 0 Å². The molecule has 1 aromatic carbocycles. The molecule has 0 saturated heterocycles. The van der Waals surface area contributed by atoms with E-state index in [-0.39, 0.29) is 10.6 Å². The van der Waals surface area contributed by atoms with Gasteiger partial charge in [0.15, 0.2) is 8.32 Å². The second-order valence-electron chi connectivity index (χ2n) is 14.4. The molecule has 4 atom stereocenters. The molecule has 6 nitrogen and oxygen atoms in total. The van der Waals surface area contributed by atoms with E-state index in [9.17, 15) is 15.0 Å². The van der Waals surface area contributed by atoms with E-state index in [1.54, 1.807) is 12.1 Å². The van der Waals surface area contributed by atoms with Crippen LogP contribution in [0, 0.1) is 0 Å². The lowest BCUT2D eigenvalue weighted by atomic mass is 9.76. The third kappa shape index (κ3) is 6.36. The number of carboxylic acids is 1. The number of fused-ring (bicyclic) bond motifs is 1. The fourth-order valence-electron chi connectivity index (χ4n) is 7.01. The first-order chi connectivity index (χ1) is 21.2. The van der Waals surface area contributed by atoms with E-state index in [0.717, 1.165) is 49.6 Å². The van der Waals surface area contributed by atoms with Crippen molar-refractivity contribution in [3.63, 3.8) is 0 Å². The minimum atomic E-state index is -2.02. The van der Waals surface area contributed by atoms with Gasteiger partial charge in [-0.2, -0.15) is 0 Å². The van der Waals surface area contributed by atoms with Gasteiger partial charge in [0.2, 0.25) is 5.60 Å². The number of para-hydroxylation sites is 1. The second-order valence-corrected chi connectivity index (χ2v) is 21.0. The highest BCUT2D eigenvalue weighted by molar-refractivity contribution is 7.12. The van der Waals surface area contributed by atoms with Gasteiger partial charge >= 0.3 is 5.97 Å². The van der Waals surface area contributed by atoms with Crippen LogP contribution in [0.15, 0.2) is 59.4 Å². The molecule has 5 rings (SSSR count). The number of rotatable bonds is 12. The van der Waals surface area contributed by atoms with Gasteiger partial charge in [0.1, 0.15) is 0 Å². The molecule has 0 bridgehead atoms. The number of nitrogens with zero attached hydrogens (tertiary/aromatic N) is 1. The lowest BCUT2D eigenvalue weighted by Crippen LogP contribution is -2.51. The summed E-state index contributed by atoms with van der Waals surface area (Å²) in [7, 11) is 0.396. The SMILES string of the molecule is CCC(CCO[Si](C)(C)C(C)(C)C)(c1c[nH]c2ccccc12)N(C)[C@@H]1CCC[C@@H](c2csc(C(O)(C(=O)O)c3cccs3)c2)C1. The summed E-state index contributed by atoms with van der Waals surface area (Å²) in [5.74, 6) is -0.926. The molecule has 1 aliphatic carbocycles. The maximum absolute atomic E-state index is 12.3. The highest BCUT2D eigenvalue weighted by atomic mass is 32.1. The molecule has 0 amide bonds. The summed E-state index contributed by atoms with van der Waals surface area (Å²) in [5, 5.41) is 26.8. The van der Waals surface area contributed by atoms with Crippen molar-refractivity contribution < 1.29 is 19.4 Å². The summed E-state index contributed by atoms with van der Waals surface area (Å²) in [6.45, 7) is 14.6. The maximum Gasteiger partial charge on any atom is 0.346 e. The quantitative estimate of drug-likeness (QED) is 0.131. The summed E-state index contributed by atoms with van der Waals surface area (Å²) in [6, 6.07) is 14.4. The van der Waals surface area contributed by atoms with Crippen molar-refractivity contribution in [2.24, 2.45) is 0 Å². The summed E-state index contributed by atoms with van der Waals surface area (Å²) in [5.41, 5.74) is 1.41. The number of carboxylic acid groups (broad SMARTS) is 1. The summed E-state index contributed by atoms with van der Waals surface area (Å²) in [4.78, 5) is 19.5. The van der Waals surface area contributed by atoms with Crippen molar-refractivity contribution in [3.05, 3.63) is 80.3 Å². The van der Waals surface area contributed by atoms with E-state index < -0.39 is 19.9 Å². The van der Waals surface area contributed by atoms with Crippen LogP contribution in [0.1, 0.15) is 93.0 Å². The number of nitrogens with one attached hydrogen (secondary N) is 1. The van der Waals surface area contributed by atoms with Crippen LogP contribution in [-0.2, 0) is 20.4 Å². The number of hydrogen-bond donors (Lipinski definition) is 3. The lowest BCUT2D eigenvalue weighted by Gasteiger charge is -2.49. The molecule has 9 heteroatoms.